The number of carbonyl (C=O) groups excluding carboxylic acids is 1. The summed E-state index contributed by atoms with van der Waals surface area (Å²) in [7, 11) is 1.98. The van der Waals surface area contributed by atoms with E-state index in [0.29, 0.717) is 11.3 Å². The zero-order chi connectivity index (χ0) is 15.3. The summed E-state index contributed by atoms with van der Waals surface area (Å²) in [5, 5.41) is 1.93. The Hall–Kier alpha value is -3.01. The number of carbonyl (C=O) groups is 1. The van der Waals surface area contributed by atoms with E-state index < -0.39 is 0 Å². The van der Waals surface area contributed by atoms with Gasteiger partial charge in [-0.05, 0) is 42.5 Å². The van der Waals surface area contributed by atoms with Crippen molar-refractivity contribution in [3.63, 3.8) is 0 Å². The molecule has 0 aliphatic carbocycles. The van der Waals surface area contributed by atoms with Crippen LogP contribution in [0.1, 0.15) is 10.4 Å². The molecular formula is C18H15N3O. The van der Waals surface area contributed by atoms with Crippen LogP contribution in [0.15, 0.2) is 60.9 Å². The Bertz CT molecular complexity index is 1020. The molecule has 4 heteroatoms. The van der Waals surface area contributed by atoms with Crippen molar-refractivity contribution in [2.45, 2.75) is 0 Å². The molecule has 0 saturated carbocycles. The first-order valence-electron chi connectivity index (χ1n) is 7.10. The lowest BCUT2D eigenvalue weighted by atomic mass is 10.1. The van der Waals surface area contributed by atoms with Gasteiger partial charge in [0.2, 0.25) is 0 Å². The van der Waals surface area contributed by atoms with E-state index >= 15 is 0 Å². The number of hydrogen-bond acceptors (Lipinski definition) is 2. The Morgan fingerprint density at radius 2 is 1.86 bits per heavy atom. The van der Waals surface area contributed by atoms with E-state index in [1.807, 2.05) is 66.3 Å². The highest BCUT2D eigenvalue weighted by Crippen LogP contribution is 2.24. The summed E-state index contributed by atoms with van der Waals surface area (Å²) in [6.45, 7) is 0. The summed E-state index contributed by atoms with van der Waals surface area (Å²) in [6, 6.07) is 15.3. The van der Waals surface area contributed by atoms with Crippen LogP contribution in [0, 0.1) is 0 Å². The zero-order valence-corrected chi connectivity index (χ0v) is 12.2. The lowest BCUT2D eigenvalue weighted by Gasteiger charge is -2.06. The van der Waals surface area contributed by atoms with Gasteiger partial charge in [-0.25, -0.2) is 0 Å². The van der Waals surface area contributed by atoms with Crippen molar-refractivity contribution in [2.75, 3.05) is 5.73 Å². The molecule has 0 fully saturated rings. The monoisotopic (exact) mass is 289 g/mol. The number of aromatic nitrogens is 2. The third-order valence-electron chi connectivity index (χ3n) is 4.09. The van der Waals surface area contributed by atoms with Crippen LogP contribution in [0.4, 0.5) is 5.69 Å². The molecule has 2 aromatic heterocycles. The minimum atomic E-state index is -0.0310. The van der Waals surface area contributed by atoms with Gasteiger partial charge in [0, 0.05) is 47.0 Å². The van der Waals surface area contributed by atoms with Gasteiger partial charge in [-0.1, -0.05) is 6.07 Å². The van der Waals surface area contributed by atoms with Gasteiger partial charge in [0.1, 0.15) is 0 Å². The molecule has 0 aliphatic rings. The Labute approximate surface area is 127 Å². The quantitative estimate of drug-likeness (QED) is 0.546. The molecule has 2 heterocycles. The van der Waals surface area contributed by atoms with Gasteiger partial charge in [-0.15, -0.1) is 0 Å². The molecule has 0 amide bonds. The fourth-order valence-electron chi connectivity index (χ4n) is 2.96. The summed E-state index contributed by atoms with van der Waals surface area (Å²) < 4.78 is 3.69. The fourth-order valence-corrected chi connectivity index (χ4v) is 2.96. The van der Waals surface area contributed by atoms with E-state index in [1.165, 1.54) is 0 Å². The fraction of sp³-hybridized carbons (Fsp3) is 0.0556. The molecule has 0 unspecified atom stereocenters. The van der Waals surface area contributed by atoms with Crippen LogP contribution in [0.5, 0.6) is 0 Å². The number of anilines is 1. The van der Waals surface area contributed by atoms with Crippen LogP contribution in [0.2, 0.25) is 0 Å². The molecule has 0 radical (unpaired) electrons. The largest absolute Gasteiger partial charge is 0.399 e. The highest BCUT2D eigenvalue weighted by atomic mass is 16.2. The number of nitrogens with two attached hydrogens (primary N) is 1. The molecule has 4 rings (SSSR count). The second-order valence-electron chi connectivity index (χ2n) is 5.47. The van der Waals surface area contributed by atoms with E-state index in [1.54, 1.807) is 10.8 Å². The van der Waals surface area contributed by atoms with Crippen molar-refractivity contribution < 1.29 is 4.79 Å². The van der Waals surface area contributed by atoms with Crippen LogP contribution >= 0.6 is 0 Å². The average Bonchev–Trinajstić information content (AvgIpc) is 3.10. The molecule has 4 aromatic rings. The number of rotatable bonds is 1. The van der Waals surface area contributed by atoms with Crippen molar-refractivity contribution in [1.29, 1.82) is 0 Å². The molecule has 0 spiro atoms. The highest BCUT2D eigenvalue weighted by molar-refractivity contribution is 6.10. The highest BCUT2D eigenvalue weighted by Gasteiger charge is 2.15. The third-order valence-corrected chi connectivity index (χ3v) is 4.09. The summed E-state index contributed by atoms with van der Waals surface area (Å²) in [6.07, 6.45) is 3.77. The van der Waals surface area contributed by atoms with E-state index in [2.05, 4.69) is 0 Å². The van der Waals surface area contributed by atoms with Crippen LogP contribution < -0.4 is 5.73 Å². The van der Waals surface area contributed by atoms with Crippen molar-refractivity contribution in [3.8, 4) is 0 Å². The Kier molecular flexibility index (Phi) is 2.60. The van der Waals surface area contributed by atoms with Gasteiger partial charge in [0.05, 0.1) is 5.52 Å². The van der Waals surface area contributed by atoms with Gasteiger partial charge >= 0.3 is 0 Å². The van der Waals surface area contributed by atoms with Gasteiger partial charge in [0.15, 0.2) is 0 Å². The molecular weight excluding hydrogens is 274 g/mol. The molecule has 0 bridgehead atoms. The van der Waals surface area contributed by atoms with E-state index in [0.717, 1.165) is 21.8 Å². The van der Waals surface area contributed by atoms with Crippen LogP contribution in [-0.4, -0.2) is 15.0 Å². The predicted molar refractivity (Wildman–Crippen MR) is 89.0 cm³/mol. The van der Waals surface area contributed by atoms with Crippen LogP contribution in [0.3, 0.4) is 0 Å². The molecule has 0 aliphatic heterocycles. The first-order valence-corrected chi connectivity index (χ1v) is 7.10. The molecule has 0 atom stereocenters. The first kappa shape index (κ1) is 12.7. The van der Waals surface area contributed by atoms with Crippen molar-refractivity contribution in [3.05, 3.63) is 66.5 Å². The molecule has 4 nitrogen and oxygen atoms in total. The van der Waals surface area contributed by atoms with Crippen molar-refractivity contribution in [1.82, 2.24) is 9.13 Å². The van der Waals surface area contributed by atoms with E-state index in [9.17, 15) is 4.79 Å². The Balaban J connectivity index is 1.92. The summed E-state index contributed by atoms with van der Waals surface area (Å²) in [4.78, 5) is 13.0. The second kappa shape index (κ2) is 4.49. The van der Waals surface area contributed by atoms with Crippen molar-refractivity contribution >= 4 is 33.4 Å². The van der Waals surface area contributed by atoms with Crippen LogP contribution in [-0.2, 0) is 7.05 Å². The molecule has 22 heavy (non-hydrogen) atoms. The number of aryl methyl sites for hydroxylation is 1. The van der Waals surface area contributed by atoms with Gasteiger partial charge in [-0.3, -0.25) is 9.36 Å². The first-order chi connectivity index (χ1) is 10.6. The number of benzene rings is 2. The standard InChI is InChI=1S/C18H15N3O/c1-20-9-8-14-15(3-2-4-17(14)20)18(22)21-10-7-12-11-13(19)5-6-16(12)21/h2-11H,19H2,1H3. The topological polar surface area (TPSA) is 53.0 Å². The minimum Gasteiger partial charge on any atom is -0.399 e. The average molecular weight is 289 g/mol. The van der Waals surface area contributed by atoms with Gasteiger partial charge in [-0.2, -0.15) is 0 Å². The van der Waals surface area contributed by atoms with E-state index in [-0.39, 0.29) is 5.91 Å². The van der Waals surface area contributed by atoms with E-state index in [4.69, 9.17) is 5.73 Å². The maximum atomic E-state index is 13.0. The normalized spacial score (nSPS) is 11.3. The lowest BCUT2D eigenvalue weighted by Crippen LogP contribution is -2.11. The zero-order valence-electron chi connectivity index (χ0n) is 12.2. The molecule has 0 saturated heterocycles. The molecule has 108 valence electrons. The summed E-state index contributed by atoms with van der Waals surface area (Å²) in [5.41, 5.74) is 9.11. The number of hydrogen-bond donors (Lipinski definition) is 1. The molecule has 2 N–H and O–H groups in total. The Morgan fingerprint density at radius 1 is 1.00 bits per heavy atom. The maximum Gasteiger partial charge on any atom is 0.263 e. The Morgan fingerprint density at radius 3 is 2.73 bits per heavy atom. The maximum absolute atomic E-state index is 13.0. The molecule has 2 aromatic carbocycles. The van der Waals surface area contributed by atoms with Crippen molar-refractivity contribution in [2.24, 2.45) is 7.05 Å². The smallest absolute Gasteiger partial charge is 0.263 e. The number of nitrogen functional groups attached to an aromatic ring is 1. The lowest BCUT2D eigenvalue weighted by molar-refractivity contribution is 0.0966. The van der Waals surface area contributed by atoms with Crippen LogP contribution in [0.25, 0.3) is 21.8 Å². The third kappa shape index (κ3) is 1.74. The minimum absolute atomic E-state index is 0.0310. The van der Waals surface area contributed by atoms with Gasteiger partial charge in [0.25, 0.3) is 5.91 Å². The van der Waals surface area contributed by atoms with Gasteiger partial charge < -0.3 is 10.3 Å². The summed E-state index contributed by atoms with van der Waals surface area (Å²) in [5.74, 6) is -0.0310. The second-order valence-corrected chi connectivity index (χ2v) is 5.47. The summed E-state index contributed by atoms with van der Waals surface area (Å²) >= 11 is 0. The number of nitrogens with zero attached hydrogens (tertiary/aromatic N) is 2. The SMILES string of the molecule is Cn1ccc2c(C(=O)n3ccc4cc(N)ccc43)cccc21. The predicted octanol–water partition coefficient (Wildman–Crippen LogP) is 3.40. The number of fused-ring (bicyclic) bond motifs is 2.